The summed E-state index contributed by atoms with van der Waals surface area (Å²) in [5.41, 5.74) is 4.14. The number of aryl methyl sites for hydroxylation is 2. The zero-order valence-corrected chi connectivity index (χ0v) is 18.2. The van der Waals surface area contributed by atoms with Crippen molar-refractivity contribution in [2.75, 3.05) is 33.2 Å². The molecule has 0 aliphatic carbocycles. The first-order valence-corrected chi connectivity index (χ1v) is 10.8. The Morgan fingerprint density at radius 3 is 2.47 bits per heavy atom. The van der Waals surface area contributed by atoms with Crippen molar-refractivity contribution < 1.29 is 14.0 Å². The summed E-state index contributed by atoms with van der Waals surface area (Å²) in [5, 5.41) is 0. The molecular formula is C24H31N3O3. The number of carbonyl (C=O) groups excluding carboxylic acids is 2. The van der Waals surface area contributed by atoms with Crippen molar-refractivity contribution in [3.05, 3.63) is 58.0 Å². The lowest BCUT2D eigenvalue weighted by Crippen LogP contribution is -2.40. The molecule has 30 heavy (non-hydrogen) atoms. The van der Waals surface area contributed by atoms with Gasteiger partial charge in [0.2, 0.25) is 5.91 Å². The van der Waals surface area contributed by atoms with Crippen LogP contribution in [0.3, 0.4) is 0 Å². The molecule has 2 aliphatic rings. The molecule has 0 saturated carbocycles. The van der Waals surface area contributed by atoms with Gasteiger partial charge in [0.1, 0.15) is 11.5 Å². The van der Waals surface area contributed by atoms with Crippen LogP contribution in [0, 0.1) is 13.8 Å². The van der Waals surface area contributed by atoms with Gasteiger partial charge in [0.15, 0.2) is 0 Å². The Hall–Kier alpha value is -2.60. The van der Waals surface area contributed by atoms with Crippen molar-refractivity contribution >= 4 is 11.8 Å². The zero-order chi connectivity index (χ0) is 21.3. The van der Waals surface area contributed by atoms with Crippen molar-refractivity contribution in [2.24, 2.45) is 0 Å². The SMILES string of the molecule is Cc1ccc(CN2CCc3oc(C)c(C(=O)N(C)CC(=O)N4CCCC4)c3C2)cc1. The minimum Gasteiger partial charge on any atom is -0.465 e. The number of nitrogens with zero attached hydrogens (tertiary/aromatic N) is 3. The average Bonchev–Trinajstić information content (AvgIpc) is 3.36. The van der Waals surface area contributed by atoms with Crippen LogP contribution in [-0.4, -0.2) is 59.7 Å². The van der Waals surface area contributed by atoms with E-state index in [1.807, 2.05) is 11.8 Å². The highest BCUT2D eigenvalue weighted by molar-refractivity contribution is 5.98. The summed E-state index contributed by atoms with van der Waals surface area (Å²) in [5.74, 6) is 1.47. The molecule has 0 spiro atoms. The number of hydrogen-bond acceptors (Lipinski definition) is 4. The molecule has 2 aromatic rings. The topological polar surface area (TPSA) is 57.0 Å². The van der Waals surface area contributed by atoms with E-state index in [0.29, 0.717) is 17.9 Å². The summed E-state index contributed by atoms with van der Waals surface area (Å²) in [4.78, 5) is 31.5. The Morgan fingerprint density at radius 2 is 1.77 bits per heavy atom. The van der Waals surface area contributed by atoms with Crippen molar-refractivity contribution in [2.45, 2.75) is 46.2 Å². The van der Waals surface area contributed by atoms with E-state index in [-0.39, 0.29) is 18.4 Å². The van der Waals surface area contributed by atoms with Crippen LogP contribution in [0.4, 0.5) is 0 Å². The Labute approximate surface area is 178 Å². The van der Waals surface area contributed by atoms with E-state index in [1.165, 1.54) is 16.0 Å². The minimum atomic E-state index is -0.123. The molecule has 6 nitrogen and oxygen atoms in total. The van der Waals surface area contributed by atoms with E-state index < -0.39 is 0 Å². The molecule has 3 heterocycles. The van der Waals surface area contributed by atoms with Gasteiger partial charge in [0.05, 0.1) is 12.1 Å². The number of amides is 2. The number of furan rings is 1. The molecule has 0 N–H and O–H groups in total. The van der Waals surface area contributed by atoms with Crippen LogP contribution in [0.25, 0.3) is 0 Å². The maximum atomic E-state index is 13.2. The van der Waals surface area contributed by atoms with Crippen molar-refractivity contribution in [1.29, 1.82) is 0 Å². The highest BCUT2D eigenvalue weighted by Gasteiger charge is 2.31. The third kappa shape index (κ3) is 4.29. The molecule has 1 fully saturated rings. The van der Waals surface area contributed by atoms with Crippen LogP contribution < -0.4 is 0 Å². The zero-order valence-electron chi connectivity index (χ0n) is 18.2. The standard InChI is InChI=1S/C24H31N3O3/c1-17-6-8-19(9-7-17)14-26-13-10-21-20(15-26)23(18(2)30-21)24(29)25(3)16-22(28)27-11-4-5-12-27/h6-9H,4-5,10-16H2,1-3H3. The van der Waals surface area contributed by atoms with Gasteiger partial charge in [-0.3, -0.25) is 14.5 Å². The largest absolute Gasteiger partial charge is 0.465 e. The Morgan fingerprint density at radius 1 is 1.07 bits per heavy atom. The highest BCUT2D eigenvalue weighted by Crippen LogP contribution is 2.30. The van der Waals surface area contributed by atoms with Crippen LogP contribution >= 0.6 is 0 Å². The van der Waals surface area contributed by atoms with E-state index in [4.69, 9.17) is 4.42 Å². The minimum absolute atomic E-state index is 0.0272. The second-order valence-electron chi connectivity index (χ2n) is 8.63. The van der Waals surface area contributed by atoms with Gasteiger partial charge in [-0.15, -0.1) is 0 Å². The van der Waals surface area contributed by atoms with Gasteiger partial charge in [-0.05, 0) is 32.3 Å². The summed E-state index contributed by atoms with van der Waals surface area (Å²) < 4.78 is 5.96. The summed E-state index contributed by atoms with van der Waals surface area (Å²) in [6.07, 6.45) is 2.90. The Kier molecular flexibility index (Phi) is 5.95. The first-order chi connectivity index (χ1) is 14.4. The molecule has 1 aromatic carbocycles. The first-order valence-electron chi connectivity index (χ1n) is 10.8. The molecule has 2 amide bonds. The van der Waals surface area contributed by atoms with Crippen LogP contribution in [0.1, 0.15) is 51.4 Å². The molecule has 0 radical (unpaired) electrons. The third-order valence-corrected chi connectivity index (χ3v) is 6.22. The Balaban J connectivity index is 1.47. The molecule has 160 valence electrons. The number of likely N-dealkylation sites (tertiary alicyclic amines) is 1. The van der Waals surface area contributed by atoms with Crippen LogP contribution in [0.5, 0.6) is 0 Å². The molecule has 0 bridgehead atoms. The number of likely N-dealkylation sites (N-methyl/N-ethyl adjacent to an activating group) is 1. The molecule has 4 rings (SSSR count). The van der Waals surface area contributed by atoms with Gasteiger partial charge in [0.25, 0.3) is 5.91 Å². The van der Waals surface area contributed by atoms with Gasteiger partial charge < -0.3 is 14.2 Å². The third-order valence-electron chi connectivity index (χ3n) is 6.22. The first kappa shape index (κ1) is 20.7. The predicted octanol–water partition coefficient (Wildman–Crippen LogP) is 3.15. The quantitative estimate of drug-likeness (QED) is 0.761. The van der Waals surface area contributed by atoms with Crippen LogP contribution in [0.15, 0.2) is 28.7 Å². The summed E-state index contributed by atoms with van der Waals surface area (Å²) in [7, 11) is 1.71. The molecule has 0 unspecified atom stereocenters. The molecular weight excluding hydrogens is 378 g/mol. The van der Waals surface area contributed by atoms with Crippen LogP contribution in [-0.2, 0) is 24.3 Å². The molecule has 2 aliphatic heterocycles. The lowest BCUT2D eigenvalue weighted by atomic mass is 10.0. The van der Waals surface area contributed by atoms with Crippen molar-refractivity contribution in [3.63, 3.8) is 0 Å². The second kappa shape index (κ2) is 8.64. The van der Waals surface area contributed by atoms with Crippen molar-refractivity contribution in [3.8, 4) is 0 Å². The average molecular weight is 410 g/mol. The van der Waals surface area contributed by atoms with E-state index in [9.17, 15) is 9.59 Å². The monoisotopic (exact) mass is 409 g/mol. The summed E-state index contributed by atoms with van der Waals surface area (Å²) in [6.45, 7) is 8.11. The number of hydrogen-bond donors (Lipinski definition) is 0. The normalized spacial score (nSPS) is 16.6. The lowest BCUT2D eigenvalue weighted by Gasteiger charge is -2.27. The van der Waals surface area contributed by atoms with Gasteiger partial charge in [-0.2, -0.15) is 0 Å². The van der Waals surface area contributed by atoms with Gasteiger partial charge >= 0.3 is 0 Å². The number of fused-ring (bicyclic) bond motifs is 1. The number of benzene rings is 1. The van der Waals surface area contributed by atoms with Gasteiger partial charge in [-0.25, -0.2) is 0 Å². The Bertz CT molecular complexity index is 926. The van der Waals surface area contributed by atoms with Crippen molar-refractivity contribution in [1.82, 2.24) is 14.7 Å². The number of rotatable bonds is 5. The van der Waals surface area contributed by atoms with E-state index in [2.05, 4.69) is 36.1 Å². The molecule has 0 atom stereocenters. The molecule has 6 heteroatoms. The van der Waals surface area contributed by atoms with E-state index >= 15 is 0 Å². The molecule has 1 aromatic heterocycles. The highest BCUT2D eigenvalue weighted by atomic mass is 16.3. The van der Waals surface area contributed by atoms with Gasteiger partial charge in [-0.1, -0.05) is 29.8 Å². The maximum Gasteiger partial charge on any atom is 0.257 e. The summed E-state index contributed by atoms with van der Waals surface area (Å²) in [6, 6.07) is 8.59. The van der Waals surface area contributed by atoms with E-state index in [1.54, 1.807) is 7.05 Å². The number of carbonyl (C=O) groups is 2. The predicted molar refractivity (Wildman–Crippen MR) is 115 cm³/mol. The van der Waals surface area contributed by atoms with Crippen LogP contribution in [0.2, 0.25) is 0 Å². The van der Waals surface area contributed by atoms with Gasteiger partial charge in [0, 0.05) is 51.8 Å². The molecule has 1 saturated heterocycles. The fourth-order valence-corrected chi connectivity index (χ4v) is 4.48. The van der Waals surface area contributed by atoms with E-state index in [0.717, 1.165) is 56.8 Å². The smallest absolute Gasteiger partial charge is 0.257 e. The fourth-order valence-electron chi connectivity index (χ4n) is 4.48. The second-order valence-corrected chi connectivity index (χ2v) is 8.63. The maximum absolute atomic E-state index is 13.2. The fraction of sp³-hybridized carbons (Fsp3) is 0.500. The summed E-state index contributed by atoms with van der Waals surface area (Å²) >= 11 is 0. The lowest BCUT2D eigenvalue weighted by molar-refractivity contribution is -0.130.